The third-order valence-electron chi connectivity index (χ3n) is 5.11. The van der Waals surface area contributed by atoms with Gasteiger partial charge in [-0.3, -0.25) is 14.9 Å². The van der Waals surface area contributed by atoms with E-state index in [9.17, 15) is 19.7 Å². The maximum Gasteiger partial charge on any atom is 0.341 e. The molecule has 1 atom stereocenters. The molecule has 9 nitrogen and oxygen atoms in total. The average Bonchev–Trinajstić information content (AvgIpc) is 2.85. The molecule has 1 N–H and O–H groups in total. The van der Waals surface area contributed by atoms with Crippen molar-refractivity contribution in [3.63, 3.8) is 0 Å². The van der Waals surface area contributed by atoms with Crippen molar-refractivity contribution in [2.75, 3.05) is 13.7 Å². The number of methoxy groups -OCH3 is 1. The van der Waals surface area contributed by atoms with Gasteiger partial charge in [-0.1, -0.05) is 46.3 Å². The number of hydrogen-bond acceptors (Lipinski definition) is 7. The predicted octanol–water partition coefficient (Wildman–Crippen LogP) is 4.90. The van der Waals surface area contributed by atoms with Gasteiger partial charge in [0.2, 0.25) is 0 Å². The van der Waals surface area contributed by atoms with Gasteiger partial charge in [0.1, 0.15) is 12.4 Å². The Morgan fingerprint density at radius 3 is 2.29 bits per heavy atom. The number of halogens is 1. The molecule has 0 radical (unpaired) electrons. The maximum absolute atomic E-state index is 13.1. The lowest BCUT2D eigenvalue weighted by atomic mass is 9.91. The molecular weight excluding hydrogens is 522 g/mol. The lowest BCUT2D eigenvalue weighted by molar-refractivity contribution is -0.385. The fourth-order valence-corrected chi connectivity index (χ4v) is 3.61. The summed E-state index contributed by atoms with van der Waals surface area (Å²) in [5.41, 5.74) is 1.72. The molecule has 0 heterocycles. The molecule has 10 heteroatoms. The van der Waals surface area contributed by atoms with Crippen molar-refractivity contribution in [2.45, 2.75) is 18.9 Å². The van der Waals surface area contributed by atoms with Crippen molar-refractivity contribution in [1.82, 2.24) is 0 Å². The molecule has 0 saturated heterocycles. The highest BCUT2D eigenvalue weighted by Crippen LogP contribution is 2.33. The number of nitro benzene ring substituents is 1. The van der Waals surface area contributed by atoms with Crippen molar-refractivity contribution >= 4 is 33.6 Å². The molecule has 0 amide bonds. The second-order valence-corrected chi connectivity index (χ2v) is 8.42. The van der Waals surface area contributed by atoms with E-state index in [1.807, 2.05) is 24.3 Å². The van der Waals surface area contributed by atoms with Crippen LogP contribution in [0.5, 0.6) is 11.5 Å². The highest BCUT2D eigenvalue weighted by molar-refractivity contribution is 9.10. The van der Waals surface area contributed by atoms with Crippen molar-refractivity contribution < 1.29 is 33.8 Å². The molecule has 0 aliphatic heterocycles. The summed E-state index contributed by atoms with van der Waals surface area (Å²) in [4.78, 5) is 34.7. The van der Waals surface area contributed by atoms with Crippen LogP contribution in [0.15, 0.2) is 71.2 Å². The topological polar surface area (TPSA) is 125 Å². The molecule has 1 unspecified atom stereocenters. The number of esters is 1. The Morgan fingerprint density at radius 1 is 1.03 bits per heavy atom. The third kappa shape index (κ3) is 7.28. The van der Waals surface area contributed by atoms with Crippen molar-refractivity contribution in [1.29, 1.82) is 0 Å². The Bertz CT molecular complexity index is 1200. The van der Waals surface area contributed by atoms with Gasteiger partial charge in [0.15, 0.2) is 12.4 Å². The first kappa shape index (κ1) is 25.7. The van der Waals surface area contributed by atoms with Crippen molar-refractivity contribution in [3.05, 3.63) is 98.0 Å². The monoisotopic (exact) mass is 543 g/mol. The predicted molar refractivity (Wildman–Crippen MR) is 130 cm³/mol. The van der Waals surface area contributed by atoms with E-state index >= 15 is 0 Å². The zero-order chi connectivity index (χ0) is 25.4. The minimum absolute atomic E-state index is 0.0346. The fraction of sp³-hybridized carbons (Fsp3) is 0.200. The molecule has 0 spiro atoms. The zero-order valence-corrected chi connectivity index (χ0v) is 20.3. The summed E-state index contributed by atoms with van der Waals surface area (Å²) >= 11 is 3.38. The van der Waals surface area contributed by atoms with Gasteiger partial charge in [-0.15, -0.1) is 0 Å². The van der Waals surface area contributed by atoms with Crippen LogP contribution in [-0.2, 0) is 27.4 Å². The van der Waals surface area contributed by atoms with E-state index in [1.54, 1.807) is 30.3 Å². The lowest BCUT2D eigenvalue weighted by Gasteiger charge is -2.17. The van der Waals surface area contributed by atoms with Crippen LogP contribution in [-0.4, -0.2) is 35.7 Å². The van der Waals surface area contributed by atoms with E-state index in [-0.39, 0.29) is 24.5 Å². The van der Waals surface area contributed by atoms with Crippen LogP contribution in [0.4, 0.5) is 5.69 Å². The summed E-state index contributed by atoms with van der Waals surface area (Å²) in [7, 11) is 1.34. The fourth-order valence-electron chi connectivity index (χ4n) is 3.34. The minimum atomic E-state index is -1.08. The number of carboxylic acids is 1. The van der Waals surface area contributed by atoms with Gasteiger partial charge in [0.25, 0.3) is 0 Å². The molecule has 0 aliphatic carbocycles. The number of nitrogens with zero attached hydrogens (tertiary/aromatic N) is 1. The second-order valence-electron chi connectivity index (χ2n) is 7.51. The Labute approximate surface area is 209 Å². The number of carbonyl (C=O) groups excluding carboxylic acids is 1. The van der Waals surface area contributed by atoms with Crippen LogP contribution in [0.25, 0.3) is 0 Å². The van der Waals surface area contributed by atoms with E-state index in [4.69, 9.17) is 19.3 Å². The number of carbonyl (C=O) groups is 2. The molecule has 3 rings (SSSR count). The molecular formula is C25H22BrNO8. The Kier molecular flexibility index (Phi) is 8.80. The largest absolute Gasteiger partial charge is 0.490 e. The van der Waals surface area contributed by atoms with E-state index in [1.165, 1.54) is 19.2 Å². The van der Waals surface area contributed by atoms with Crippen LogP contribution < -0.4 is 9.47 Å². The van der Waals surface area contributed by atoms with Gasteiger partial charge in [0.05, 0.1) is 18.0 Å². The SMILES string of the molecule is COc1ccc(C(Cc2ccc(Br)cc2)C(=O)OCc2ccc(OCC(=O)O)cc2)cc1[N+](=O)[O-]. The first-order chi connectivity index (χ1) is 16.8. The van der Waals surface area contributed by atoms with E-state index in [2.05, 4.69) is 15.9 Å². The smallest absolute Gasteiger partial charge is 0.341 e. The van der Waals surface area contributed by atoms with E-state index < -0.39 is 29.4 Å². The third-order valence-corrected chi connectivity index (χ3v) is 5.63. The second kappa shape index (κ2) is 12.0. The summed E-state index contributed by atoms with van der Waals surface area (Å²) in [6.07, 6.45) is 0.275. The molecule has 3 aromatic rings. The molecule has 0 bridgehead atoms. The van der Waals surface area contributed by atoms with Gasteiger partial charge < -0.3 is 19.3 Å². The Hall–Kier alpha value is -3.92. The number of hydrogen-bond donors (Lipinski definition) is 1. The van der Waals surface area contributed by atoms with Crippen molar-refractivity contribution in [3.8, 4) is 11.5 Å². The molecule has 35 heavy (non-hydrogen) atoms. The first-order valence-corrected chi connectivity index (χ1v) is 11.2. The van der Waals surface area contributed by atoms with Gasteiger partial charge in [-0.05, 0) is 53.4 Å². The molecule has 182 valence electrons. The van der Waals surface area contributed by atoms with Gasteiger partial charge in [-0.2, -0.15) is 0 Å². The molecule has 0 aromatic heterocycles. The average molecular weight is 544 g/mol. The van der Waals surface area contributed by atoms with E-state index in [0.29, 0.717) is 16.9 Å². The zero-order valence-electron chi connectivity index (χ0n) is 18.7. The highest BCUT2D eigenvalue weighted by atomic mass is 79.9. The number of rotatable bonds is 11. The van der Waals surface area contributed by atoms with Crippen LogP contribution in [0.1, 0.15) is 22.6 Å². The molecule has 0 aliphatic rings. The normalized spacial score (nSPS) is 11.4. The van der Waals surface area contributed by atoms with Crippen molar-refractivity contribution in [2.24, 2.45) is 0 Å². The quantitative estimate of drug-likeness (QED) is 0.205. The summed E-state index contributed by atoms with van der Waals surface area (Å²) in [6.45, 7) is -0.493. The number of nitro groups is 1. The van der Waals surface area contributed by atoms with Crippen LogP contribution >= 0.6 is 15.9 Å². The summed E-state index contributed by atoms with van der Waals surface area (Å²) in [5.74, 6) is -1.95. The van der Waals surface area contributed by atoms with Crippen LogP contribution in [0, 0.1) is 10.1 Å². The summed E-state index contributed by atoms with van der Waals surface area (Å²) in [6, 6.07) is 18.3. The van der Waals surface area contributed by atoms with Crippen LogP contribution in [0.2, 0.25) is 0 Å². The first-order valence-electron chi connectivity index (χ1n) is 10.4. The standard InChI is InChI=1S/C25H22BrNO8/c1-33-23-11-6-18(13-22(23)27(31)32)21(12-16-2-7-19(26)8-3-16)25(30)35-14-17-4-9-20(10-5-17)34-15-24(28)29/h2-11,13,21H,12,14-15H2,1H3,(H,28,29). The summed E-state index contributed by atoms with van der Waals surface area (Å²) < 4.78 is 16.6. The van der Waals surface area contributed by atoms with E-state index in [0.717, 1.165) is 10.0 Å². The Morgan fingerprint density at radius 2 is 1.69 bits per heavy atom. The van der Waals surface area contributed by atoms with Gasteiger partial charge in [-0.25, -0.2) is 4.79 Å². The lowest BCUT2D eigenvalue weighted by Crippen LogP contribution is -2.18. The molecule has 0 fully saturated rings. The van der Waals surface area contributed by atoms with Gasteiger partial charge >= 0.3 is 17.6 Å². The number of aliphatic carboxylic acids is 1. The molecule has 0 saturated carbocycles. The Balaban J connectivity index is 1.80. The number of benzene rings is 3. The maximum atomic E-state index is 13.1. The number of ether oxygens (including phenoxy) is 3. The highest BCUT2D eigenvalue weighted by Gasteiger charge is 2.26. The van der Waals surface area contributed by atoms with Crippen LogP contribution in [0.3, 0.4) is 0 Å². The number of carboxylic acid groups (broad SMARTS) is 1. The minimum Gasteiger partial charge on any atom is -0.490 e. The van der Waals surface area contributed by atoms with Gasteiger partial charge in [0, 0.05) is 10.5 Å². The summed E-state index contributed by atoms with van der Waals surface area (Å²) in [5, 5.41) is 20.2. The molecule has 3 aromatic carbocycles.